The van der Waals surface area contributed by atoms with Gasteiger partial charge in [0.2, 0.25) is 0 Å². The third-order valence-corrected chi connectivity index (χ3v) is 4.24. The molecule has 3 rings (SSSR count). The van der Waals surface area contributed by atoms with Gasteiger partial charge in [0.15, 0.2) is 5.82 Å². The molecule has 0 aliphatic rings. The van der Waals surface area contributed by atoms with Crippen molar-refractivity contribution in [3.05, 3.63) is 40.5 Å². The van der Waals surface area contributed by atoms with Gasteiger partial charge in [-0.3, -0.25) is 0 Å². The minimum absolute atomic E-state index is 0.257. The fourth-order valence-corrected chi connectivity index (χ4v) is 3.16. The van der Waals surface area contributed by atoms with E-state index in [1.54, 1.807) is 30.4 Å². The number of aromatic nitrogens is 2. The van der Waals surface area contributed by atoms with Crippen molar-refractivity contribution in [1.29, 1.82) is 0 Å². The molecule has 0 fully saturated rings. The maximum Gasteiger partial charge on any atom is 0.166 e. The number of nitrogens with zero attached hydrogens (tertiary/aromatic N) is 2. The van der Waals surface area contributed by atoms with E-state index in [0.717, 1.165) is 22.6 Å². The fourth-order valence-electron chi connectivity index (χ4n) is 2.28. The predicted octanol–water partition coefficient (Wildman–Crippen LogP) is 4.55. The quantitative estimate of drug-likeness (QED) is 0.771. The molecule has 0 bridgehead atoms. The smallest absolute Gasteiger partial charge is 0.166 e. The first-order valence-electron chi connectivity index (χ1n) is 6.87. The Morgan fingerprint density at radius 3 is 2.81 bits per heavy atom. The Labute approximate surface area is 126 Å². The minimum atomic E-state index is -0.257. The van der Waals surface area contributed by atoms with Crippen LogP contribution in [-0.4, -0.2) is 16.5 Å². The summed E-state index contributed by atoms with van der Waals surface area (Å²) in [5, 5.41) is 4.24. The number of nitrogens with one attached hydrogen (secondary N) is 1. The highest BCUT2D eigenvalue weighted by molar-refractivity contribution is 7.18. The largest absolute Gasteiger partial charge is 0.370 e. The lowest BCUT2D eigenvalue weighted by molar-refractivity contribution is 0.621. The normalized spacial score (nSPS) is 11.0. The lowest BCUT2D eigenvalue weighted by Crippen LogP contribution is -2.02. The summed E-state index contributed by atoms with van der Waals surface area (Å²) in [6.45, 7) is 6.56. The molecular weight excluding hydrogens is 285 g/mol. The molecule has 2 aromatic heterocycles. The highest BCUT2D eigenvalue weighted by Gasteiger charge is 2.15. The van der Waals surface area contributed by atoms with Crippen molar-refractivity contribution in [2.45, 2.75) is 20.8 Å². The van der Waals surface area contributed by atoms with Crippen molar-refractivity contribution < 1.29 is 4.39 Å². The summed E-state index contributed by atoms with van der Waals surface area (Å²) in [6, 6.07) is 7.36. The molecule has 5 heteroatoms. The first-order chi connectivity index (χ1) is 10.1. The summed E-state index contributed by atoms with van der Waals surface area (Å²) in [6.07, 6.45) is 0. The fraction of sp³-hybridized carbons (Fsp3) is 0.250. The summed E-state index contributed by atoms with van der Waals surface area (Å²) in [4.78, 5) is 11.1. The predicted molar refractivity (Wildman–Crippen MR) is 86.4 cm³/mol. The molecule has 21 heavy (non-hydrogen) atoms. The van der Waals surface area contributed by atoms with Gasteiger partial charge in [-0.25, -0.2) is 14.4 Å². The zero-order chi connectivity index (χ0) is 15.0. The van der Waals surface area contributed by atoms with Gasteiger partial charge in [0, 0.05) is 11.4 Å². The Bertz CT molecular complexity index is 811. The molecule has 0 atom stereocenters. The maximum atomic E-state index is 14.3. The lowest BCUT2D eigenvalue weighted by atomic mass is 10.1. The van der Waals surface area contributed by atoms with Crippen molar-refractivity contribution in [1.82, 2.24) is 9.97 Å². The molecule has 0 spiro atoms. The Kier molecular flexibility index (Phi) is 3.59. The molecule has 1 N–H and O–H groups in total. The molecule has 3 aromatic rings. The van der Waals surface area contributed by atoms with Gasteiger partial charge in [0.05, 0.1) is 10.9 Å². The zero-order valence-corrected chi connectivity index (χ0v) is 13.0. The van der Waals surface area contributed by atoms with Gasteiger partial charge in [-0.1, -0.05) is 12.1 Å². The van der Waals surface area contributed by atoms with Gasteiger partial charge in [-0.2, -0.15) is 0 Å². The molecule has 108 valence electrons. The highest BCUT2D eigenvalue weighted by atomic mass is 32.1. The highest BCUT2D eigenvalue weighted by Crippen LogP contribution is 2.32. The van der Waals surface area contributed by atoms with Crippen LogP contribution in [0.4, 0.5) is 10.2 Å². The summed E-state index contributed by atoms with van der Waals surface area (Å²) < 4.78 is 14.3. The molecule has 0 amide bonds. The van der Waals surface area contributed by atoms with E-state index in [4.69, 9.17) is 0 Å². The van der Waals surface area contributed by atoms with E-state index in [2.05, 4.69) is 21.4 Å². The van der Waals surface area contributed by atoms with Crippen LogP contribution in [0.25, 0.3) is 21.6 Å². The van der Waals surface area contributed by atoms with Crippen LogP contribution in [-0.2, 0) is 0 Å². The molecule has 1 aromatic carbocycles. The summed E-state index contributed by atoms with van der Waals surface area (Å²) in [5.41, 5.74) is 1.05. The van der Waals surface area contributed by atoms with Gasteiger partial charge in [-0.15, -0.1) is 11.3 Å². The number of benzene rings is 1. The lowest BCUT2D eigenvalue weighted by Gasteiger charge is -2.08. The molecule has 3 nitrogen and oxygen atoms in total. The second-order valence-corrected chi connectivity index (χ2v) is 6.17. The van der Waals surface area contributed by atoms with Crippen LogP contribution in [0.3, 0.4) is 0 Å². The van der Waals surface area contributed by atoms with Gasteiger partial charge in [-0.05, 0) is 38.5 Å². The van der Waals surface area contributed by atoms with Crippen LogP contribution in [0.1, 0.15) is 17.4 Å². The second-order valence-electron chi connectivity index (χ2n) is 4.94. The SMILES string of the molecule is CCNc1nc(-c2cccc(C)c2F)nc2sc(C)cc12. The third-order valence-electron chi connectivity index (χ3n) is 3.29. The van der Waals surface area contributed by atoms with Gasteiger partial charge in [0.25, 0.3) is 0 Å². The van der Waals surface area contributed by atoms with Crippen LogP contribution in [0.2, 0.25) is 0 Å². The number of thiophene rings is 1. The molecule has 0 aliphatic heterocycles. The summed E-state index contributed by atoms with van der Waals surface area (Å²) in [5.74, 6) is 0.942. The maximum absolute atomic E-state index is 14.3. The van der Waals surface area contributed by atoms with Gasteiger partial charge in [0.1, 0.15) is 16.5 Å². The van der Waals surface area contributed by atoms with Crippen LogP contribution in [0.5, 0.6) is 0 Å². The molecule has 0 radical (unpaired) electrons. The molecule has 0 aliphatic carbocycles. The van der Waals surface area contributed by atoms with Crippen LogP contribution in [0, 0.1) is 19.7 Å². The Morgan fingerprint density at radius 2 is 2.05 bits per heavy atom. The van der Waals surface area contributed by atoms with E-state index in [9.17, 15) is 4.39 Å². The van der Waals surface area contributed by atoms with E-state index in [1.807, 2.05) is 19.9 Å². The average molecular weight is 301 g/mol. The van der Waals surface area contributed by atoms with E-state index in [-0.39, 0.29) is 5.82 Å². The van der Waals surface area contributed by atoms with Crippen molar-refractivity contribution >= 4 is 27.4 Å². The monoisotopic (exact) mass is 301 g/mol. The van der Waals surface area contributed by atoms with Crippen molar-refractivity contribution in [3.8, 4) is 11.4 Å². The number of halogens is 1. The molecule has 2 heterocycles. The summed E-state index contributed by atoms with van der Waals surface area (Å²) in [7, 11) is 0. The Hall–Kier alpha value is -2.01. The second kappa shape index (κ2) is 5.41. The van der Waals surface area contributed by atoms with Crippen LogP contribution in [0.15, 0.2) is 24.3 Å². The van der Waals surface area contributed by atoms with Crippen molar-refractivity contribution in [2.24, 2.45) is 0 Å². The van der Waals surface area contributed by atoms with E-state index in [0.29, 0.717) is 17.0 Å². The number of aryl methyl sites for hydroxylation is 2. The van der Waals surface area contributed by atoms with E-state index < -0.39 is 0 Å². The topological polar surface area (TPSA) is 37.8 Å². The first kappa shape index (κ1) is 13.9. The number of rotatable bonds is 3. The molecular formula is C16H16FN3S. The van der Waals surface area contributed by atoms with Crippen LogP contribution >= 0.6 is 11.3 Å². The van der Waals surface area contributed by atoms with Gasteiger partial charge < -0.3 is 5.32 Å². The van der Waals surface area contributed by atoms with Crippen molar-refractivity contribution in [2.75, 3.05) is 11.9 Å². The van der Waals surface area contributed by atoms with Crippen LogP contribution < -0.4 is 5.32 Å². The Morgan fingerprint density at radius 1 is 1.24 bits per heavy atom. The average Bonchev–Trinajstić information content (AvgIpc) is 2.82. The van der Waals surface area contributed by atoms with E-state index >= 15 is 0 Å². The standard InChI is InChI=1S/C16H16FN3S/c1-4-18-14-12-8-10(3)21-16(12)20-15(19-14)11-7-5-6-9(2)13(11)17/h5-8H,4H2,1-3H3,(H,18,19,20). The minimum Gasteiger partial charge on any atom is -0.370 e. The molecule has 0 saturated heterocycles. The molecule has 0 unspecified atom stereocenters. The third kappa shape index (κ3) is 2.49. The zero-order valence-electron chi connectivity index (χ0n) is 12.2. The number of hydrogen-bond donors (Lipinski definition) is 1. The van der Waals surface area contributed by atoms with Gasteiger partial charge >= 0.3 is 0 Å². The Balaban J connectivity index is 2.25. The molecule has 0 saturated carbocycles. The first-order valence-corrected chi connectivity index (χ1v) is 7.69. The number of hydrogen-bond acceptors (Lipinski definition) is 4. The van der Waals surface area contributed by atoms with Crippen molar-refractivity contribution in [3.63, 3.8) is 0 Å². The number of fused-ring (bicyclic) bond motifs is 1. The number of anilines is 1. The van der Waals surface area contributed by atoms with E-state index in [1.165, 1.54) is 4.88 Å². The summed E-state index contributed by atoms with van der Waals surface area (Å²) >= 11 is 1.60.